The first-order valence-corrected chi connectivity index (χ1v) is 11.4. The van der Waals surface area contributed by atoms with Crippen LogP contribution in [0.2, 0.25) is 0 Å². The number of β-lactam (4-membered cyclic amide) rings is 1. The molecule has 2 amide bonds. The zero-order valence-electron chi connectivity index (χ0n) is 15.9. The number of anilines is 2. The average molecular weight is 468 g/mol. The molecular formula is C16H17N7O4S3. The fourth-order valence-electron chi connectivity index (χ4n) is 3.09. The van der Waals surface area contributed by atoms with E-state index in [2.05, 4.69) is 20.5 Å². The van der Waals surface area contributed by atoms with Crippen LogP contribution in [0.25, 0.3) is 5.57 Å². The fourth-order valence-corrected chi connectivity index (χ4v) is 5.89. The van der Waals surface area contributed by atoms with E-state index in [1.807, 2.05) is 14.1 Å². The van der Waals surface area contributed by atoms with Gasteiger partial charge in [0.25, 0.3) is 5.91 Å². The largest absolute Gasteiger partial charge is 0.477 e. The van der Waals surface area contributed by atoms with Gasteiger partial charge in [0.15, 0.2) is 0 Å². The van der Waals surface area contributed by atoms with Gasteiger partial charge in [-0.3, -0.25) is 14.5 Å². The predicted octanol–water partition coefficient (Wildman–Crippen LogP) is 0.0811. The summed E-state index contributed by atoms with van der Waals surface area (Å²) in [5.74, 6) is -1.74. The van der Waals surface area contributed by atoms with Crippen LogP contribution in [-0.4, -0.2) is 74.2 Å². The van der Waals surface area contributed by atoms with Gasteiger partial charge >= 0.3 is 5.97 Å². The van der Waals surface area contributed by atoms with E-state index in [4.69, 9.17) is 5.73 Å². The quantitative estimate of drug-likeness (QED) is 0.498. The van der Waals surface area contributed by atoms with Crippen LogP contribution in [0.15, 0.2) is 11.2 Å². The highest BCUT2D eigenvalue weighted by molar-refractivity contribution is 8.00. The van der Waals surface area contributed by atoms with Crippen molar-refractivity contribution in [3.63, 3.8) is 0 Å². The molecule has 14 heteroatoms. The average Bonchev–Trinajstić information content (AvgIpc) is 3.34. The van der Waals surface area contributed by atoms with Crippen LogP contribution >= 0.6 is 34.4 Å². The highest BCUT2D eigenvalue weighted by Gasteiger charge is 2.54. The van der Waals surface area contributed by atoms with Gasteiger partial charge in [-0.25, -0.2) is 9.78 Å². The van der Waals surface area contributed by atoms with Crippen LogP contribution in [-0.2, 0) is 20.8 Å². The number of hydrogen-bond acceptors (Lipinski definition) is 11. The second-order valence-corrected chi connectivity index (χ2v) is 9.66. The van der Waals surface area contributed by atoms with E-state index in [-0.39, 0.29) is 12.1 Å². The summed E-state index contributed by atoms with van der Waals surface area (Å²) in [6, 6.07) is -0.801. The summed E-state index contributed by atoms with van der Waals surface area (Å²) in [6.07, 6.45) is -0.0402. The molecule has 2 aliphatic heterocycles. The molecule has 2 aromatic heterocycles. The van der Waals surface area contributed by atoms with E-state index in [1.54, 1.807) is 10.4 Å². The van der Waals surface area contributed by atoms with Crippen molar-refractivity contribution in [1.82, 2.24) is 25.4 Å². The number of carbonyl (C=O) groups is 3. The molecule has 30 heavy (non-hydrogen) atoms. The van der Waals surface area contributed by atoms with Crippen molar-refractivity contribution in [3.05, 3.63) is 21.9 Å². The molecule has 158 valence electrons. The molecule has 2 aromatic rings. The van der Waals surface area contributed by atoms with Crippen molar-refractivity contribution in [3.8, 4) is 0 Å². The smallest absolute Gasteiger partial charge is 0.353 e. The Kier molecular flexibility index (Phi) is 5.38. The zero-order chi connectivity index (χ0) is 21.6. The minimum Gasteiger partial charge on any atom is -0.477 e. The third-order valence-electron chi connectivity index (χ3n) is 4.54. The van der Waals surface area contributed by atoms with Gasteiger partial charge in [0.2, 0.25) is 11.0 Å². The number of fused-ring (bicyclic) bond motifs is 1. The van der Waals surface area contributed by atoms with Gasteiger partial charge in [-0.1, -0.05) is 11.3 Å². The number of rotatable bonds is 6. The van der Waals surface area contributed by atoms with Crippen molar-refractivity contribution in [2.45, 2.75) is 17.8 Å². The summed E-state index contributed by atoms with van der Waals surface area (Å²) in [5, 5.41) is 21.6. The maximum absolute atomic E-state index is 12.7. The van der Waals surface area contributed by atoms with Gasteiger partial charge in [-0.05, 0) is 0 Å². The van der Waals surface area contributed by atoms with Gasteiger partial charge < -0.3 is 21.1 Å². The molecule has 0 radical (unpaired) electrons. The Morgan fingerprint density at radius 3 is 2.77 bits per heavy atom. The number of aromatic nitrogens is 3. The molecule has 2 atom stereocenters. The number of nitrogens with two attached hydrogens (primary N) is 1. The second kappa shape index (κ2) is 7.85. The number of nitrogens with one attached hydrogen (secondary N) is 1. The lowest BCUT2D eigenvalue weighted by molar-refractivity contribution is -0.150. The number of carboxylic acid groups (broad SMARTS) is 1. The van der Waals surface area contributed by atoms with Gasteiger partial charge in [0.05, 0.1) is 17.6 Å². The molecule has 0 bridgehead atoms. The molecule has 1 fully saturated rings. The standard InChI is InChI=1S/C16H17N7O4S3/c1-22(2)16-21-20-12(30-16)6-4-28-14-9(13(25)23(14)10(6)15(26)27)19-8(24)3-7-11(17)29-5-18-7/h5,9,14H,3-4,17H2,1-2H3,(H,19,24)(H,26,27)/t9?,14-/m0/s1. The maximum atomic E-state index is 12.7. The van der Waals surface area contributed by atoms with Gasteiger partial charge in [0, 0.05) is 25.4 Å². The van der Waals surface area contributed by atoms with Crippen molar-refractivity contribution in [2.24, 2.45) is 0 Å². The second-order valence-electron chi connectivity index (χ2n) is 6.71. The lowest BCUT2D eigenvalue weighted by atomic mass is 10.0. The number of carboxylic acids is 1. The monoisotopic (exact) mass is 467 g/mol. The summed E-state index contributed by atoms with van der Waals surface area (Å²) < 4.78 is 0. The van der Waals surface area contributed by atoms with E-state index in [9.17, 15) is 19.5 Å². The number of nitrogen functional groups attached to an aromatic ring is 1. The molecule has 4 rings (SSSR count). The zero-order valence-corrected chi connectivity index (χ0v) is 18.3. The van der Waals surface area contributed by atoms with Gasteiger partial charge in [0.1, 0.15) is 27.1 Å². The summed E-state index contributed by atoms with van der Waals surface area (Å²) in [7, 11) is 3.63. The Morgan fingerprint density at radius 1 is 1.40 bits per heavy atom. The van der Waals surface area contributed by atoms with E-state index >= 15 is 0 Å². The molecule has 0 aromatic carbocycles. The van der Waals surface area contributed by atoms with Gasteiger partial charge in [-0.15, -0.1) is 33.3 Å². The summed E-state index contributed by atoms with van der Waals surface area (Å²) in [5.41, 5.74) is 8.09. The molecule has 0 spiro atoms. The first-order chi connectivity index (χ1) is 14.3. The fraction of sp³-hybridized carbons (Fsp3) is 0.375. The molecule has 2 aliphatic rings. The molecule has 1 unspecified atom stereocenters. The predicted molar refractivity (Wildman–Crippen MR) is 114 cm³/mol. The van der Waals surface area contributed by atoms with Crippen molar-refractivity contribution >= 4 is 67.9 Å². The minimum atomic E-state index is -1.22. The maximum Gasteiger partial charge on any atom is 0.353 e. The number of thiazole rings is 1. The van der Waals surface area contributed by atoms with Crippen molar-refractivity contribution in [2.75, 3.05) is 30.5 Å². The Labute approximate surface area is 183 Å². The third kappa shape index (κ3) is 3.50. The lowest BCUT2D eigenvalue weighted by Gasteiger charge is -2.49. The number of thioether (sulfide) groups is 1. The minimum absolute atomic E-state index is 0.0402. The molecule has 4 heterocycles. The SMILES string of the molecule is CN(C)c1nnc(C2=C(C(=O)O)N3C(=O)C(NC(=O)Cc4ncsc4N)[C@@H]3SC2)s1. The topological polar surface area (TPSA) is 155 Å². The summed E-state index contributed by atoms with van der Waals surface area (Å²) >= 11 is 3.86. The van der Waals surface area contributed by atoms with Gasteiger partial charge in [-0.2, -0.15) is 0 Å². The number of hydrogen-bond donors (Lipinski definition) is 3. The Balaban J connectivity index is 1.53. The van der Waals surface area contributed by atoms with Crippen LogP contribution in [0, 0.1) is 0 Å². The Hall–Kier alpha value is -2.71. The first kappa shape index (κ1) is 20.6. The molecule has 4 N–H and O–H groups in total. The van der Waals surface area contributed by atoms with E-state index < -0.39 is 29.2 Å². The molecule has 0 saturated carbocycles. The summed E-state index contributed by atoms with van der Waals surface area (Å²) in [4.78, 5) is 44.0. The lowest BCUT2D eigenvalue weighted by Crippen LogP contribution is -2.70. The van der Waals surface area contributed by atoms with Crippen LogP contribution < -0.4 is 16.0 Å². The van der Waals surface area contributed by atoms with E-state index in [0.29, 0.717) is 32.2 Å². The Bertz CT molecular complexity index is 1060. The number of aliphatic carboxylic acids is 1. The highest BCUT2D eigenvalue weighted by Crippen LogP contribution is 2.44. The summed E-state index contributed by atoms with van der Waals surface area (Å²) in [6.45, 7) is 0. The molecule has 0 aliphatic carbocycles. The van der Waals surface area contributed by atoms with E-state index in [0.717, 1.165) is 0 Å². The van der Waals surface area contributed by atoms with E-state index in [1.165, 1.54) is 39.3 Å². The van der Waals surface area contributed by atoms with Crippen LogP contribution in [0.3, 0.4) is 0 Å². The first-order valence-electron chi connectivity index (χ1n) is 8.67. The number of carbonyl (C=O) groups excluding carboxylic acids is 2. The number of nitrogens with zero attached hydrogens (tertiary/aromatic N) is 5. The Morgan fingerprint density at radius 2 is 2.17 bits per heavy atom. The number of amides is 2. The molecule has 11 nitrogen and oxygen atoms in total. The normalized spacial score (nSPS) is 20.6. The van der Waals surface area contributed by atoms with Crippen LogP contribution in [0.4, 0.5) is 10.1 Å². The van der Waals surface area contributed by atoms with Crippen molar-refractivity contribution in [1.29, 1.82) is 0 Å². The molecular weight excluding hydrogens is 450 g/mol. The van der Waals surface area contributed by atoms with Crippen molar-refractivity contribution < 1.29 is 19.5 Å². The van der Waals surface area contributed by atoms with Crippen LogP contribution in [0.1, 0.15) is 10.7 Å². The molecule has 1 saturated heterocycles. The highest BCUT2D eigenvalue weighted by atomic mass is 32.2. The third-order valence-corrected chi connectivity index (χ3v) is 7.67. The van der Waals surface area contributed by atoms with Crippen LogP contribution in [0.5, 0.6) is 0 Å².